The van der Waals surface area contributed by atoms with Crippen LogP contribution in [-0.4, -0.2) is 53.1 Å². The minimum atomic E-state index is -0.0641. The van der Waals surface area contributed by atoms with Gasteiger partial charge in [-0.2, -0.15) is 5.10 Å². The number of carbonyl (C=O) groups excluding carboxylic acids is 2. The summed E-state index contributed by atoms with van der Waals surface area (Å²) in [6.07, 6.45) is 4.35. The van der Waals surface area contributed by atoms with E-state index < -0.39 is 0 Å². The number of amides is 2. The van der Waals surface area contributed by atoms with Crippen LogP contribution in [0.15, 0.2) is 60.8 Å². The van der Waals surface area contributed by atoms with Gasteiger partial charge >= 0.3 is 0 Å². The number of nitrogens with zero attached hydrogens (tertiary/aromatic N) is 4. The average molecular weight is 484 g/mol. The van der Waals surface area contributed by atoms with Crippen molar-refractivity contribution in [1.82, 2.24) is 15.1 Å². The molecule has 2 amide bonds. The number of aromatic nitrogens is 2. The molecule has 0 radical (unpaired) electrons. The number of anilines is 2. The second-order valence-electron chi connectivity index (χ2n) is 10.1. The number of nitrogens with one attached hydrogen (secondary N) is 1. The van der Waals surface area contributed by atoms with Gasteiger partial charge in [0.15, 0.2) is 5.82 Å². The second kappa shape index (κ2) is 10.5. The van der Waals surface area contributed by atoms with Crippen molar-refractivity contribution in [3.8, 4) is 0 Å². The van der Waals surface area contributed by atoms with Gasteiger partial charge in [0, 0.05) is 43.6 Å². The molecule has 2 aliphatic rings. The standard InChI is InChI=1S/C29H33N5O2/c1-20-16-21(2)18-25(17-20)29(36)33-13-9-23(10-14-33)22-5-7-26(8-6-22)31-28(35)24-11-15-34(19-24)27-4-3-12-30-32-27/h3-8,12,16-18,23-24H,9-11,13-15,19H2,1-2H3,(H,31,35)/t24-/m0/s1. The maximum atomic E-state index is 13.0. The quantitative estimate of drug-likeness (QED) is 0.575. The van der Waals surface area contributed by atoms with Crippen molar-refractivity contribution < 1.29 is 9.59 Å². The zero-order valence-corrected chi connectivity index (χ0v) is 21.0. The summed E-state index contributed by atoms with van der Waals surface area (Å²) in [5, 5.41) is 11.2. The molecule has 2 saturated heterocycles. The number of benzene rings is 2. The van der Waals surface area contributed by atoms with Gasteiger partial charge in [-0.15, -0.1) is 5.10 Å². The Labute approximate surface area is 212 Å². The van der Waals surface area contributed by atoms with E-state index in [1.165, 1.54) is 5.56 Å². The molecule has 7 heteroatoms. The number of likely N-dealkylation sites (tertiary alicyclic amines) is 1. The van der Waals surface area contributed by atoms with Crippen molar-refractivity contribution >= 4 is 23.3 Å². The third-order valence-electron chi connectivity index (χ3n) is 7.34. The van der Waals surface area contributed by atoms with E-state index in [1.54, 1.807) is 6.20 Å². The predicted molar refractivity (Wildman–Crippen MR) is 141 cm³/mol. The monoisotopic (exact) mass is 483 g/mol. The van der Waals surface area contributed by atoms with Crippen LogP contribution >= 0.6 is 0 Å². The van der Waals surface area contributed by atoms with Gasteiger partial charge in [0.25, 0.3) is 5.91 Å². The Bertz CT molecular complexity index is 1200. The lowest BCUT2D eigenvalue weighted by molar-refractivity contribution is -0.119. The minimum absolute atomic E-state index is 0.0485. The lowest BCUT2D eigenvalue weighted by Gasteiger charge is -2.32. The van der Waals surface area contributed by atoms with Gasteiger partial charge in [0.1, 0.15) is 0 Å². The molecule has 2 aromatic carbocycles. The number of piperidine rings is 1. The van der Waals surface area contributed by atoms with Gasteiger partial charge in [-0.1, -0.05) is 29.3 Å². The molecule has 2 aliphatic heterocycles. The zero-order valence-electron chi connectivity index (χ0n) is 21.0. The fourth-order valence-electron chi connectivity index (χ4n) is 5.42. The largest absolute Gasteiger partial charge is 0.354 e. The minimum Gasteiger partial charge on any atom is -0.354 e. The summed E-state index contributed by atoms with van der Waals surface area (Å²) in [7, 11) is 0. The van der Waals surface area contributed by atoms with Gasteiger partial charge in [0.05, 0.1) is 5.92 Å². The summed E-state index contributed by atoms with van der Waals surface area (Å²) in [5.74, 6) is 1.36. The molecule has 1 atom stereocenters. The number of hydrogen-bond donors (Lipinski definition) is 1. The van der Waals surface area contributed by atoms with E-state index in [9.17, 15) is 9.59 Å². The Kier molecular flexibility index (Phi) is 6.98. The highest BCUT2D eigenvalue weighted by molar-refractivity contribution is 5.95. The van der Waals surface area contributed by atoms with Crippen LogP contribution in [0.1, 0.15) is 52.2 Å². The summed E-state index contributed by atoms with van der Waals surface area (Å²) in [6, 6.07) is 18.1. The van der Waals surface area contributed by atoms with Crippen molar-refractivity contribution in [2.24, 2.45) is 5.92 Å². The Morgan fingerprint density at radius 1 is 0.917 bits per heavy atom. The van der Waals surface area contributed by atoms with Gasteiger partial charge in [0.2, 0.25) is 5.91 Å². The Hall–Kier alpha value is -3.74. The highest BCUT2D eigenvalue weighted by Crippen LogP contribution is 2.30. The molecule has 0 unspecified atom stereocenters. The fraction of sp³-hybridized carbons (Fsp3) is 0.379. The molecule has 1 aromatic heterocycles. The first-order valence-corrected chi connectivity index (χ1v) is 12.8. The zero-order chi connectivity index (χ0) is 25.1. The molecule has 36 heavy (non-hydrogen) atoms. The average Bonchev–Trinajstić information content (AvgIpc) is 3.40. The molecule has 186 valence electrons. The molecule has 3 aromatic rings. The van der Waals surface area contributed by atoms with Crippen molar-refractivity contribution in [2.45, 2.75) is 39.0 Å². The van der Waals surface area contributed by atoms with Crippen LogP contribution in [0.3, 0.4) is 0 Å². The number of rotatable bonds is 5. The molecule has 0 bridgehead atoms. The maximum Gasteiger partial charge on any atom is 0.253 e. The fourth-order valence-corrected chi connectivity index (χ4v) is 5.42. The Balaban J connectivity index is 1.13. The van der Waals surface area contributed by atoms with Crippen molar-refractivity contribution in [3.63, 3.8) is 0 Å². The SMILES string of the molecule is Cc1cc(C)cc(C(=O)N2CCC(c3ccc(NC(=O)[C@H]4CCN(c5cccnn5)C4)cc3)CC2)c1. The summed E-state index contributed by atoms with van der Waals surface area (Å²) in [5.41, 5.74) is 5.12. The summed E-state index contributed by atoms with van der Waals surface area (Å²) in [4.78, 5) is 29.9. The molecule has 1 N–H and O–H groups in total. The molecular weight excluding hydrogens is 450 g/mol. The number of hydrogen-bond acceptors (Lipinski definition) is 5. The van der Waals surface area contributed by atoms with E-state index in [0.29, 0.717) is 12.5 Å². The van der Waals surface area contributed by atoms with Gasteiger partial charge in [-0.05, 0) is 81.0 Å². The molecule has 2 fully saturated rings. The van der Waals surface area contributed by atoms with Crippen molar-refractivity contribution in [1.29, 1.82) is 0 Å². The third-order valence-corrected chi connectivity index (χ3v) is 7.34. The van der Waals surface area contributed by atoms with E-state index in [4.69, 9.17) is 0 Å². The van der Waals surface area contributed by atoms with Crippen LogP contribution in [-0.2, 0) is 4.79 Å². The van der Waals surface area contributed by atoms with Crippen LogP contribution in [0.5, 0.6) is 0 Å². The second-order valence-corrected chi connectivity index (χ2v) is 10.1. The molecular formula is C29H33N5O2. The van der Waals surface area contributed by atoms with E-state index in [-0.39, 0.29) is 17.7 Å². The van der Waals surface area contributed by atoms with Crippen molar-refractivity contribution in [3.05, 3.63) is 83.0 Å². The normalized spacial score (nSPS) is 18.3. The third kappa shape index (κ3) is 5.40. The van der Waals surface area contributed by atoms with Crippen LogP contribution in [0, 0.1) is 19.8 Å². The molecule has 7 nitrogen and oxygen atoms in total. The molecule has 0 spiro atoms. The van der Waals surface area contributed by atoms with Crippen LogP contribution in [0.25, 0.3) is 0 Å². The Morgan fingerprint density at radius 2 is 1.64 bits per heavy atom. The number of carbonyl (C=O) groups is 2. The Morgan fingerprint density at radius 3 is 2.31 bits per heavy atom. The predicted octanol–water partition coefficient (Wildman–Crippen LogP) is 4.58. The first-order chi connectivity index (χ1) is 17.5. The number of aryl methyl sites for hydroxylation is 2. The highest BCUT2D eigenvalue weighted by Gasteiger charge is 2.29. The van der Waals surface area contributed by atoms with E-state index in [2.05, 4.69) is 38.6 Å². The first-order valence-electron chi connectivity index (χ1n) is 12.8. The summed E-state index contributed by atoms with van der Waals surface area (Å²) >= 11 is 0. The van der Waals surface area contributed by atoms with E-state index in [1.807, 2.05) is 55.1 Å². The molecule has 5 rings (SSSR count). The van der Waals surface area contributed by atoms with Crippen LogP contribution < -0.4 is 10.2 Å². The lowest BCUT2D eigenvalue weighted by Crippen LogP contribution is -2.38. The lowest BCUT2D eigenvalue weighted by atomic mass is 9.89. The van der Waals surface area contributed by atoms with Crippen LogP contribution in [0.4, 0.5) is 11.5 Å². The van der Waals surface area contributed by atoms with Gasteiger partial charge in [-0.25, -0.2) is 0 Å². The molecule has 0 saturated carbocycles. The van der Waals surface area contributed by atoms with Crippen LogP contribution in [0.2, 0.25) is 0 Å². The molecule has 3 heterocycles. The van der Waals surface area contributed by atoms with E-state index in [0.717, 1.165) is 67.1 Å². The summed E-state index contributed by atoms with van der Waals surface area (Å²) in [6.45, 7) is 7.05. The smallest absolute Gasteiger partial charge is 0.253 e. The van der Waals surface area contributed by atoms with Gasteiger partial charge < -0.3 is 15.1 Å². The highest BCUT2D eigenvalue weighted by atomic mass is 16.2. The first kappa shape index (κ1) is 24.0. The summed E-state index contributed by atoms with van der Waals surface area (Å²) < 4.78 is 0. The van der Waals surface area contributed by atoms with E-state index >= 15 is 0 Å². The topological polar surface area (TPSA) is 78.4 Å². The maximum absolute atomic E-state index is 13.0. The van der Waals surface area contributed by atoms with Gasteiger partial charge in [-0.3, -0.25) is 9.59 Å². The van der Waals surface area contributed by atoms with Crippen molar-refractivity contribution in [2.75, 3.05) is 36.4 Å². The molecule has 0 aliphatic carbocycles.